The van der Waals surface area contributed by atoms with Gasteiger partial charge in [0.1, 0.15) is 18.0 Å². The molecule has 170 valence electrons. The molecular formula is C24H22F2N4O3. The number of aliphatic carboxylic acids is 1. The lowest BCUT2D eigenvalue weighted by Gasteiger charge is -2.17. The summed E-state index contributed by atoms with van der Waals surface area (Å²) in [4.78, 5) is 24.0. The summed E-state index contributed by atoms with van der Waals surface area (Å²) in [6.45, 7) is 0.173. The van der Waals surface area contributed by atoms with Gasteiger partial charge in [-0.2, -0.15) is 5.10 Å². The Kier molecular flexibility index (Phi) is 7.69. The molecule has 33 heavy (non-hydrogen) atoms. The van der Waals surface area contributed by atoms with Crippen molar-refractivity contribution in [3.8, 4) is 0 Å². The highest BCUT2D eigenvalue weighted by molar-refractivity contribution is 5.95. The molecule has 0 aliphatic rings. The Bertz CT molecular complexity index is 1160. The number of nitrogens with two attached hydrogens (primary N) is 1. The van der Waals surface area contributed by atoms with Crippen molar-refractivity contribution in [2.75, 3.05) is 5.32 Å². The van der Waals surface area contributed by atoms with Gasteiger partial charge in [0.2, 0.25) is 0 Å². The molecule has 3 aromatic carbocycles. The van der Waals surface area contributed by atoms with Gasteiger partial charge in [-0.3, -0.25) is 9.59 Å². The number of anilines is 1. The number of benzene rings is 3. The number of carbonyl (C=O) groups is 2. The number of carboxylic acid groups (broad SMARTS) is 1. The smallest absolute Gasteiger partial charge is 0.304 e. The maximum absolute atomic E-state index is 13.7. The Hall–Kier alpha value is -4.27. The molecule has 3 aromatic rings. The first-order valence-electron chi connectivity index (χ1n) is 9.99. The molecule has 0 saturated carbocycles. The second-order valence-corrected chi connectivity index (χ2v) is 7.28. The van der Waals surface area contributed by atoms with Crippen molar-refractivity contribution in [2.24, 2.45) is 10.9 Å². The van der Waals surface area contributed by atoms with Crippen LogP contribution in [0, 0.1) is 11.6 Å². The van der Waals surface area contributed by atoms with Gasteiger partial charge < -0.3 is 21.6 Å². The Labute approximate surface area is 188 Å². The summed E-state index contributed by atoms with van der Waals surface area (Å²) in [7, 11) is 0. The lowest BCUT2D eigenvalue weighted by molar-refractivity contribution is -0.137. The molecule has 0 heterocycles. The molecule has 1 amide bonds. The minimum Gasteiger partial charge on any atom is -0.481 e. The summed E-state index contributed by atoms with van der Waals surface area (Å²) < 4.78 is 27.5. The SMILES string of the molecule is NN=CNc1cccc(C(=O)NCc2cccc(C(CC(=O)O)c3cc(F)cc(F)c3)c2)c1. The van der Waals surface area contributed by atoms with Crippen LogP contribution < -0.4 is 16.5 Å². The fourth-order valence-corrected chi connectivity index (χ4v) is 3.45. The van der Waals surface area contributed by atoms with Crippen LogP contribution in [0.2, 0.25) is 0 Å². The van der Waals surface area contributed by atoms with Crippen molar-refractivity contribution in [1.82, 2.24) is 5.32 Å². The van der Waals surface area contributed by atoms with E-state index in [1.165, 1.54) is 6.34 Å². The number of carboxylic acids is 1. The molecule has 0 aliphatic carbocycles. The molecular weight excluding hydrogens is 430 g/mol. The van der Waals surface area contributed by atoms with Crippen LogP contribution in [0.3, 0.4) is 0 Å². The number of hydrogen-bond donors (Lipinski definition) is 4. The molecule has 1 atom stereocenters. The number of nitrogens with zero attached hydrogens (tertiary/aromatic N) is 1. The van der Waals surface area contributed by atoms with Crippen LogP contribution in [0.25, 0.3) is 0 Å². The fraction of sp³-hybridized carbons (Fsp3) is 0.125. The second-order valence-electron chi connectivity index (χ2n) is 7.28. The number of carbonyl (C=O) groups excluding carboxylic acids is 1. The number of halogens is 2. The first kappa shape index (κ1) is 23.4. The summed E-state index contributed by atoms with van der Waals surface area (Å²) in [5.41, 5.74) is 2.55. The van der Waals surface area contributed by atoms with E-state index in [2.05, 4.69) is 15.7 Å². The molecule has 0 fully saturated rings. The normalized spacial score (nSPS) is 11.8. The monoisotopic (exact) mass is 452 g/mol. The molecule has 0 aliphatic heterocycles. The average molecular weight is 452 g/mol. The third-order valence-electron chi connectivity index (χ3n) is 4.90. The van der Waals surface area contributed by atoms with E-state index in [0.29, 0.717) is 22.4 Å². The highest BCUT2D eigenvalue weighted by atomic mass is 19.1. The molecule has 1 unspecified atom stereocenters. The van der Waals surface area contributed by atoms with Crippen LogP contribution in [0.4, 0.5) is 14.5 Å². The van der Waals surface area contributed by atoms with Gasteiger partial charge in [-0.05, 0) is 47.0 Å². The summed E-state index contributed by atoms with van der Waals surface area (Å²) in [6, 6.07) is 16.6. The second kappa shape index (κ2) is 10.9. The summed E-state index contributed by atoms with van der Waals surface area (Å²) in [6.07, 6.45) is 0.950. The number of hydrogen-bond acceptors (Lipinski definition) is 4. The van der Waals surface area contributed by atoms with Crippen LogP contribution in [0.1, 0.15) is 39.4 Å². The predicted octanol–water partition coefficient (Wildman–Crippen LogP) is 3.82. The molecule has 0 saturated heterocycles. The highest BCUT2D eigenvalue weighted by Gasteiger charge is 2.20. The van der Waals surface area contributed by atoms with Crippen LogP contribution in [0.15, 0.2) is 71.8 Å². The van der Waals surface area contributed by atoms with Crippen molar-refractivity contribution in [2.45, 2.75) is 18.9 Å². The van der Waals surface area contributed by atoms with Crippen molar-refractivity contribution >= 4 is 23.9 Å². The highest BCUT2D eigenvalue weighted by Crippen LogP contribution is 2.30. The van der Waals surface area contributed by atoms with E-state index in [1.807, 2.05) is 0 Å². The maximum atomic E-state index is 13.7. The molecule has 3 rings (SSSR count). The van der Waals surface area contributed by atoms with Crippen LogP contribution in [0.5, 0.6) is 0 Å². The van der Waals surface area contributed by atoms with Crippen LogP contribution in [-0.4, -0.2) is 23.3 Å². The summed E-state index contributed by atoms with van der Waals surface area (Å²) >= 11 is 0. The molecule has 9 heteroatoms. The van der Waals surface area contributed by atoms with E-state index in [9.17, 15) is 23.5 Å². The molecule has 0 spiro atoms. The lowest BCUT2D eigenvalue weighted by atomic mass is 9.87. The number of rotatable bonds is 9. The Morgan fingerprint density at radius 3 is 2.42 bits per heavy atom. The zero-order valence-electron chi connectivity index (χ0n) is 17.5. The van der Waals surface area contributed by atoms with E-state index in [4.69, 9.17) is 5.84 Å². The summed E-state index contributed by atoms with van der Waals surface area (Å²) in [5, 5.41) is 18.3. The largest absolute Gasteiger partial charge is 0.481 e. The van der Waals surface area contributed by atoms with Crippen LogP contribution in [-0.2, 0) is 11.3 Å². The molecule has 0 bridgehead atoms. The van der Waals surface area contributed by atoms with Gasteiger partial charge in [0.05, 0.1) is 6.42 Å². The zero-order chi connectivity index (χ0) is 23.8. The minimum atomic E-state index is -1.10. The van der Waals surface area contributed by atoms with Gasteiger partial charge in [-0.15, -0.1) is 0 Å². The van der Waals surface area contributed by atoms with Crippen molar-refractivity contribution in [3.63, 3.8) is 0 Å². The Morgan fingerprint density at radius 1 is 1.00 bits per heavy atom. The molecule has 5 N–H and O–H groups in total. The maximum Gasteiger partial charge on any atom is 0.304 e. The standard InChI is InChI=1S/C24H22F2N4O3/c25-19-8-18(9-20(26)11-19)22(12-23(31)32)16-4-1-3-15(7-16)13-28-24(33)17-5-2-6-21(10-17)29-14-30-27/h1-11,14,22H,12-13,27H2,(H,28,33)(H,29,30)(H,31,32). The van der Waals surface area contributed by atoms with E-state index in [1.54, 1.807) is 48.5 Å². The first-order valence-corrected chi connectivity index (χ1v) is 9.99. The number of amides is 1. The third kappa shape index (κ3) is 6.60. The molecule has 0 radical (unpaired) electrons. The van der Waals surface area contributed by atoms with Crippen LogP contribution >= 0.6 is 0 Å². The number of hydrazone groups is 1. The van der Waals surface area contributed by atoms with Crippen molar-refractivity contribution in [3.05, 3.63) is 101 Å². The topological polar surface area (TPSA) is 117 Å². The van der Waals surface area contributed by atoms with Gasteiger partial charge in [0.15, 0.2) is 0 Å². The van der Waals surface area contributed by atoms with Crippen molar-refractivity contribution < 1.29 is 23.5 Å². The molecule has 0 aromatic heterocycles. The van der Waals surface area contributed by atoms with Gasteiger partial charge in [0, 0.05) is 29.8 Å². The predicted molar refractivity (Wildman–Crippen MR) is 121 cm³/mol. The van der Waals surface area contributed by atoms with E-state index < -0.39 is 23.5 Å². The number of nitrogens with one attached hydrogen (secondary N) is 2. The van der Waals surface area contributed by atoms with E-state index in [0.717, 1.165) is 18.2 Å². The van der Waals surface area contributed by atoms with E-state index in [-0.39, 0.29) is 24.4 Å². The average Bonchev–Trinajstić information content (AvgIpc) is 2.79. The van der Waals surface area contributed by atoms with Gasteiger partial charge in [0.25, 0.3) is 5.91 Å². The van der Waals surface area contributed by atoms with E-state index >= 15 is 0 Å². The van der Waals surface area contributed by atoms with Gasteiger partial charge >= 0.3 is 5.97 Å². The van der Waals surface area contributed by atoms with Gasteiger partial charge in [-0.25, -0.2) is 8.78 Å². The Balaban J connectivity index is 1.77. The zero-order valence-corrected chi connectivity index (χ0v) is 17.5. The first-order chi connectivity index (χ1) is 15.9. The van der Waals surface area contributed by atoms with Gasteiger partial charge in [-0.1, -0.05) is 30.3 Å². The summed E-state index contributed by atoms with van der Waals surface area (Å²) in [5.74, 6) is 1.33. The quantitative estimate of drug-likeness (QED) is 0.170. The minimum absolute atomic E-state index is 0.173. The van der Waals surface area contributed by atoms with Crippen molar-refractivity contribution in [1.29, 1.82) is 0 Å². The third-order valence-corrected chi connectivity index (χ3v) is 4.90. The lowest BCUT2D eigenvalue weighted by Crippen LogP contribution is -2.23. The fourth-order valence-electron chi connectivity index (χ4n) is 3.45. The Morgan fingerprint density at radius 2 is 1.73 bits per heavy atom. The molecule has 7 nitrogen and oxygen atoms in total.